The molecule has 2 heterocycles. The number of benzene rings is 1. The van der Waals surface area contributed by atoms with Crippen molar-refractivity contribution in [2.24, 2.45) is 0 Å². The molecule has 6 nitrogen and oxygen atoms in total. The molecule has 0 saturated carbocycles. The van der Waals surface area contributed by atoms with Crippen LogP contribution in [-0.2, 0) is 11.4 Å². The second kappa shape index (κ2) is 9.50. The van der Waals surface area contributed by atoms with Gasteiger partial charge >= 0.3 is 0 Å². The number of nitrogens with zero attached hydrogens (tertiary/aromatic N) is 2. The Bertz CT molecular complexity index is 514. The molecule has 0 aromatic heterocycles. The Balaban J connectivity index is 1.42. The van der Waals surface area contributed by atoms with E-state index in [0.29, 0.717) is 6.54 Å². The summed E-state index contributed by atoms with van der Waals surface area (Å²) in [6.07, 6.45) is 3.17. The summed E-state index contributed by atoms with van der Waals surface area (Å²) in [5, 5.41) is 21.7. The van der Waals surface area contributed by atoms with E-state index in [4.69, 9.17) is 9.57 Å². The normalized spacial score (nSPS) is 22.0. The molecule has 140 valence electrons. The predicted molar refractivity (Wildman–Crippen MR) is 95.2 cm³/mol. The molecule has 1 aromatic carbocycles. The second-order valence-corrected chi connectivity index (χ2v) is 7.05. The summed E-state index contributed by atoms with van der Waals surface area (Å²) in [5.74, 6) is 0.780. The lowest BCUT2D eigenvalue weighted by molar-refractivity contribution is -0.187. The zero-order valence-corrected chi connectivity index (χ0v) is 14.8. The van der Waals surface area contributed by atoms with Crippen molar-refractivity contribution in [1.29, 1.82) is 0 Å². The Labute approximate surface area is 149 Å². The largest absolute Gasteiger partial charge is 0.491 e. The summed E-state index contributed by atoms with van der Waals surface area (Å²) in [7, 11) is 0. The van der Waals surface area contributed by atoms with E-state index in [2.05, 4.69) is 11.0 Å². The molecule has 2 fully saturated rings. The van der Waals surface area contributed by atoms with Crippen molar-refractivity contribution in [3.63, 3.8) is 0 Å². The van der Waals surface area contributed by atoms with Gasteiger partial charge in [0.05, 0.1) is 12.7 Å². The van der Waals surface area contributed by atoms with Gasteiger partial charge in [0.25, 0.3) is 0 Å². The van der Waals surface area contributed by atoms with Crippen molar-refractivity contribution in [2.75, 3.05) is 39.4 Å². The summed E-state index contributed by atoms with van der Waals surface area (Å²) in [4.78, 5) is 7.83. The molecule has 0 aliphatic carbocycles. The van der Waals surface area contributed by atoms with Crippen molar-refractivity contribution >= 4 is 0 Å². The first-order chi connectivity index (χ1) is 12.2. The molecule has 0 bridgehead atoms. The fourth-order valence-electron chi connectivity index (χ4n) is 3.36. The molecule has 1 unspecified atom stereocenters. The van der Waals surface area contributed by atoms with Gasteiger partial charge in [-0.3, -0.25) is 4.84 Å². The van der Waals surface area contributed by atoms with Crippen molar-refractivity contribution in [3.05, 3.63) is 29.8 Å². The number of aliphatic hydroxyl groups is 2. The van der Waals surface area contributed by atoms with Crippen LogP contribution < -0.4 is 4.74 Å². The molecule has 0 radical (unpaired) electrons. The Morgan fingerprint density at radius 1 is 1.20 bits per heavy atom. The minimum Gasteiger partial charge on any atom is -0.491 e. The number of aliphatic hydroxyl groups excluding tert-OH is 2. The van der Waals surface area contributed by atoms with E-state index in [0.717, 1.165) is 63.4 Å². The first kappa shape index (κ1) is 18.6. The second-order valence-electron chi connectivity index (χ2n) is 7.05. The number of hydroxylamine groups is 2. The zero-order chi connectivity index (χ0) is 17.5. The molecule has 2 aliphatic heterocycles. The van der Waals surface area contributed by atoms with Crippen LogP contribution in [0.1, 0.15) is 31.2 Å². The Hall–Kier alpha value is -1.18. The zero-order valence-electron chi connectivity index (χ0n) is 14.8. The van der Waals surface area contributed by atoms with Crippen LogP contribution in [0.15, 0.2) is 24.3 Å². The van der Waals surface area contributed by atoms with Gasteiger partial charge < -0.3 is 19.8 Å². The maximum atomic E-state index is 10.2. The van der Waals surface area contributed by atoms with Crippen molar-refractivity contribution in [3.8, 4) is 5.75 Å². The molecule has 2 aliphatic rings. The first-order valence-corrected chi connectivity index (χ1v) is 9.37. The lowest BCUT2D eigenvalue weighted by Gasteiger charge is -2.30. The van der Waals surface area contributed by atoms with Gasteiger partial charge in [-0.2, -0.15) is 5.06 Å². The highest BCUT2D eigenvalue weighted by molar-refractivity contribution is 5.28. The summed E-state index contributed by atoms with van der Waals surface area (Å²) in [5.41, 5.74) is 1.15. The number of rotatable bonds is 7. The van der Waals surface area contributed by atoms with Crippen LogP contribution in [0.25, 0.3) is 0 Å². The molecule has 1 atom stereocenters. The summed E-state index contributed by atoms with van der Waals surface area (Å²) in [6, 6.07) is 7.99. The predicted octanol–water partition coefficient (Wildman–Crippen LogP) is 1.41. The third-order valence-electron chi connectivity index (χ3n) is 4.80. The molecule has 2 N–H and O–H groups in total. The topological polar surface area (TPSA) is 65.4 Å². The van der Waals surface area contributed by atoms with Gasteiger partial charge in [0.2, 0.25) is 0 Å². The summed E-state index contributed by atoms with van der Waals surface area (Å²) in [6.45, 7) is 5.07. The minimum atomic E-state index is -0.524. The lowest BCUT2D eigenvalue weighted by atomic mass is 10.1. The van der Waals surface area contributed by atoms with Gasteiger partial charge in [-0.05, 0) is 43.4 Å². The summed E-state index contributed by atoms with van der Waals surface area (Å²) < 4.78 is 5.77. The maximum absolute atomic E-state index is 10.2. The number of hydrogen-bond acceptors (Lipinski definition) is 6. The van der Waals surface area contributed by atoms with E-state index in [1.54, 1.807) is 0 Å². The SMILES string of the molecule is OC1CCN(CC(O)COc2cccc(CN3CCCCO3)c2)CC1. The van der Waals surface area contributed by atoms with E-state index in [1.165, 1.54) is 6.42 Å². The number of β-amino-alcohol motifs (C(OH)–C–C–N with tert-alkyl or cyclic N) is 1. The number of piperidine rings is 1. The smallest absolute Gasteiger partial charge is 0.119 e. The lowest BCUT2D eigenvalue weighted by Crippen LogP contribution is -2.41. The Morgan fingerprint density at radius 2 is 2.04 bits per heavy atom. The number of likely N-dealkylation sites (tertiary alicyclic amines) is 1. The molecule has 6 heteroatoms. The Kier molecular flexibility index (Phi) is 7.07. The van der Waals surface area contributed by atoms with Crippen molar-refractivity contribution in [2.45, 2.75) is 44.4 Å². The fraction of sp³-hybridized carbons (Fsp3) is 0.684. The molecular weight excluding hydrogens is 320 g/mol. The molecule has 2 saturated heterocycles. The van der Waals surface area contributed by atoms with Crippen LogP contribution in [0.5, 0.6) is 5.75 Å². The van der Waals surface area contributed by atoms with Gasteiger partial charge in [0.15, 0.2) is 0 Å². The van der Waals surface area contributed by atoms with Crippen LogP contribution in [-0.4, -0.2) is 71.8 Å². The standard InChI is InChI=1S/C19H30N2O4/c22-17-6-9-20(10-7-17)14-18(23)15-24-19-5-3-4-16(12-19)13-21-8-1-2-11-25-21/h3-5,12,17-18,22-23H,1-2,6-11,13-15H2. The Morgan fingerprint density at radius 3 is 2.80 bits per heavy atom. The van der Waals surface area contributed by atoms with Gasteiger partial charge in [-0.15, -0.1) is 0 Å². The van der Waals surface area contributed by atoms with E-state index in [-0.39, 0.29) is 12.7 Å². The highest BCUT2D eigenvalue weighted by Gasteiger charge is 2.19. The molecule has 1 aromatic rings. The average molecular weight is 350 g/mol. The highest BCUT2D eigenvalue weighted by atomic mass is 16.7. The van der Waals surface area contributed by atoms with Crippen molar-refractivity contribution in [1.82, 2.24) is 9.96 Å². The van der Waals surface area contributed by atoms with E-state index < -0.39 is 6.10 Å². The van der Waals surface area contributed by atoms with E-state index >= 15 is 0 Å². The van der Waals surface area contributed by atoms with Crippen LogP contribution in [0, 0.1) is 0 Å². The summed E-state index contributed by atoms with van der Waals surface area (Å²) >= 11 is 0. The maximum Gasteiger partial charge on any atom is 0.119 e. The molecule has 0 amide bonds. The van der Waals surface area contributed by atoms with Gasteiger partial charge in [-0.25, -0.2) is 0 Å². The minimum absolute atomic E-state index is 0.184. The van der Waals surface area contributed by atoms with E-state index in [9.17, 15) is 10.2 Å². The molecule has 0 spiro atoms. The van der Waals surface area contributed by atoms with E-state index in [1.807, 2.05) is 23.3 Å². The van der Waals surface area contributed by atoms with Crippen molar-refractivity contribution < 1.29 is 19.8 Å². The quantitative estimate of drug-likeness (QED) is 0.775. The van der Waals surface area contributed by atoms with Crippen LogP contribution in [0.4, 0.5) is 0 Å². The molecule has 3 rings (SSSR count). The number of ether oxygens (including phenoxy) is 1. The van der Waals surface area contributed by atoms with Crippen LogP contribution >= 0.6 is 0 Å². The third kappa shape index (κ3) is 6.24. The fourth-order valence-corrected chi connectivity index (χ4v) is 3.36. The van der Waals surface area contributed by atoms with Crippen LogP contribution in [0.2, 0.25) is 0 Å². The molecular formula is C19H30N2O4. The monoisotopic (exact) mass is 350 g/mol. The average Bonchev–Trinajstić information content (AvgIpc) is 2.63. The third-order valence-corrected chi connectivity index (χ3v) is 4.80. The van der Waals surface area contributed by atoms with Gasteiger partial charge in [0, 0.05) is 32.7 Å². The van der Waals surface area contributed by atoms with Crippen LogP contribution in [0.3, 0.4) is 0 Å². The molecule has 25 heavy (non-hydrogen) atoms. The first-order valence-electron chi connectivity index (χ1n) is 9.37. The highest BCUT2D eigenvalue weighted by Crippen LogP contribution is 2.17. The number of hydrogen-bond donors (Lipinski definition) is 2. The van der Waals surface area contributed by atoms with Gasteiger partial charge in [0.1, 0.15) is 18.5 Å². The van der Waals surface area contributed by atoms with Gasteiger partial charge in [-0.1, -0.05) is 12.1 Å².